The molecule has 1 amide bonds. The van der Waals surface area contributed by atoms with Crippen LogP contribution >= 0.6 is 0 Å². The molecule has 1 aliphatic rings. The molecular formula is C14H17N3O6S2. The molecule has 0 aliphatic carbocycles. The van der Waals surface area contributed by atoms with Gasteiger partial charge in [0, 0.05) is 6.42 Å². The lowest BCUT2D eigenvalue weighted by Gasteiger charge is -2.21. The molecule has 0 aromatic heterocycles. The van der Waals surface area contributed by atoms with Gasteiger partial charge in [0.25, 0.3) is 0 Å². The molecular weight excluding hydrogens is 370 g/mol. The van der Waals surface area contributed by atoms with E-state index in [-0.39, 0.29) is 28.5 Å². The first-order valence-corrected chi connectivity index (χ1v) is 10.2. The highest BCUT2D eigenvalue weighted by Gasteiger charge is 2.37. The molecule has 136 valence electrons. The topological polar surface area (TPSA) is 134 Å². The molecule has 0 spiro atoms. The normalized spacial score (nSPS) is 17.4. The Hall–Kier alpha value is -2.16. The van der Waals surface area contributed by atoms with Crippen LogP contribution < -0.4 is 13.8 Å². The van der Waals surface area contributed by atoms with Crippen LogP contribution in [0.3, 0.4) is 0 Å². The van der Waals surface area contributed by atoms with Gasteiger partial charge in [-0.2, -0.15) is 9.98 Å². The van der Waals surface area contributed by atoms with Crippen LogP contribution in [0.4, 0.5) is 5.69 Å². The zero-order chi connectivity index (χ0) is 19.0. The van der Waals surface area contributed by atoms with Gasteiger partial charge in [-0.25, -0.2) is 21.1 Å². The van der Waals surface area contributed by atoms with E-state index in [1.165, 1.54) is 33.1 Å². The lowest BCUT2D eigenvalue weighted by Crippen LogP contribution is -2.42. The molecule has 1 aromatic rings. The molecule has 0 saturated carbocycles. The van der Waals surface area contributed by atoms with Gasteiger partial charge < -0.3 is 4.74 Å². The Morgan fingerprint density at radius 1 is 1.36 bits per heavy atom. The molecule has 25 heavy (non-hydrogen) atoms. The average Bonchev–Trinajstić information content (AvgIpc) is 2.79. The molecule has 0 atom stereocenters. The molecule has 1 aromatic carbocycles. The second kappa shape index (κ2) is 6.29. The van der Waals surface area contributed by atoms with Gasteiger partial charge in [0.1, 0.15) is 16.2 Å². The molecule has 9 nitrogen and oxygen atoms in total. The number of nitrogens with zero attached hydrogens (tertiary/aromatic N) is 2. The number of benzene rings is 1. The van der Waals surface area contributed by atoms with Crippen LogP contribution in [-0.4, -0.2) is 41.1 Å². The number of amides is 1. The van der Waals surface area contributed by atoms with E-state index in [2.05, 4.69) is 4.72 Å². The number of carbonyl (C=O) groups is 1. The highest BCUT2D eigenvalue weighted by molar-refractivity contribution is 7.94. The van der Waals surface area contributed by atoms with Gasteiger partial charge >= 0.3 is 0 Å². The summed E-state index contributed by atoms with van der Waals surface area (Å²) in [6.45, 7) is 2.74. The average molecular weight is 387 g/mol. The molecule has 1 N–H and O–H groups in total. The Balaban J connectivity index is 2.60. The zero-order valence-corrected chi connectivity index (χ0v) is 15.4. The minimum Gasteiger partial charge on any atom is -0.495 e. The third kappa shape index (κ3) is 3.76. The van der Waals surface area contributed by atoms with E-state index in [4.69, 9.17) is 10.00 Å². The van der Waals surface area contributed by atoms with Gasteiger partial charge in [-0.3, -0.25) is 4.79 Å². The lowest BCUT2D eigenvalue weighted by atomic mass is 10.1. The van der Waals surface area contributed by atoms with Crippen LogP contribution in [0.2, 0.25) is 0 Å². The Kier molecular flexibility index (Phi) is 4.82. The molecule has 1 saturated heterocycles. The summed E-state index contributed by atoms with van der Waals surface area (Å²) in [5.41, 5.74) is -1.49. The number of carbonyl (C=O) groups excluding carboxylic acids is 1. The van der Waals surface area contributed by atoms with Crippen LogP contribution in [-0.2, 0) is 24.8 Å². The van der Waals surface area contributed by atoms with Crippen molar-refractivity contribution in [2.75, 3.05) is 17.2 Å². The summed E-state index contributed by atoms with van der Waals surface area (Å²) in [7, 11) is -6.79. The molecule has 0 bridgehead atoms. The third-order valence-electron chi connectivity index (χ3n) is 3.42. The van der Waals surface area contributed by atoms with Gasteiger partial charge in [-0.05, 0) is 32.0 Å². The van der Waals surface area contributed by atoms with Crippen molar-refractivity contribution in [1.82, 2.24) is 4.72 Å². The van der Waals surface area contributed by atoms with Crippen molar-refractivity contribution < 1.29 is 26.4 Å². The number of rotatable bonds is 5. The van der Waals surface area contributed by atoms with Crippen molar-refractivity contribution in [3.8, 4) is 11.8 Å². The molecule has 2 rings (SSSR count). The maximum atomic E-state index is 12.6. The van der Waals surface area contributed by atoms with Gasteiger partial charge in [-0.1, -0.05) is 0 Å². The molecule has 1 fully saturated rings. The minimum atomic E-state index is -4.21. The summed E-state index contributed by atoms with van der Waals surface area (Å²) in [6.07, 6.45) is -0.170. The van der Waals surface area contributed by atoms with E-state index in [1.54, 1.807) is 6.07 Å². The fourth-order valence-corrected chi connectivity index (χ4v) is 5.26. The fraction of sp³-hybridized carbons (Fsp3) is 0.429. The number of methoxy groups -OCH3 is 1. The lowest BCUT2D eigenvalue weighted by molar-refractivity contribution is -0.116. The highest BCUT2D eigenvalue weighted by atomic mass is 32.2. The van der Waals surface area contributed by atoms with Gasteiger partial charge in [0.15, 0.2) is 0 Å². The van der Waals surface area contributed by atoms with E-state index in [1.807, 2.05) is 0 Å². The number of hydrogen-bond donors (Lipinski definition) is 1. The smallest absolute Gasteiger partial charge is 0.245 e. The van der Waals surface area contributed by atoms with Crippen molar-refractivity contribution in [3.63, 3.8) is 0 Å². The summed E-state index contributed by atoms with van der Waals surface area (Å²) in [5, 5.41) is 9.02. The van der Waals surface area contributed by atoms with Crippen LogP contribution in [0.25, 0.3) is 0 Å². The molecule has 0 unspecified atom stereocenters. The number of anilines is 1. The molecule has 0 radical (unpaired) electrons. The monoisotopic (exact) mass is 387 g/mol. The second-order valence-corrected chi connectivity index (χ2v) is 9.49. The molecule has 11 heteroatoms. The van der Waals surface area contributed by atoms with E-state index in [0.29, 0.717) is 4.31 Å². The SMILES string of the molecule is COc1ccc(N2C(=O)CCS2(=O)=O)cc1S(=O)(=O)NC(C)(C)C#N. The predicted molar refractivity (Wildman–Crippen MR) is 88.9 cm³/mol. The summed E-state index contributed by atoms with van der Waals surface area (Å²) in [6, 6.07) is 5.38. The van der Waals surface area contributed by atoms with E-state index in [9.17, 15) is 21.6 Å². The van der Waals surface area contributed by atoms with Crippen LogP contribution in [0.5, 0.6) is 5.75 Å². The van der Waals surface area contributed by atoms with Crippen molar-refractivity contribution in [2.45, 2.75) is 30.7 Å². The van der Waals surface area contributed by atoms with E-state index in [0.717, 1.165) is 6.07 Å². The van der Waals surface area contributed by atoms with Crippen LogP contribution in [0.15, 0.2) is 23.1 Å². The van der Waals surface area contributed by atoms with Gasteiger partial charge in [0.05, 0.1) is 24.6 Å². The quantitative estimate of drug-likeness (QED) is 0.770. The maximum absolute atomic E-state index is 12.6. The van der Waals surface area contributed by atoms with Crippen LogP contribution in [0, 0.1) is 11.3 Å². The van der Waals surface area contributed by atoms with Crippen molar-refractivity contribution >= 4 is 31.6 Å². The Morgan fingerprint density at radius 3 is 2.48 bits per heavy atom. The van der Waals surface area contributed by atoms with Crippen molar-refractivity contribution in [2.24, 2.45) is 0 Å². The fourth-order valence-electron chi connectivity index (χ4n) is 2.28. The predicted octanol–water partition coefficient (Wildman–Crippen LogP) is 0.342. The first-order chi connectivity index (χ1) is 11.4. The van der Waals surface area contributed by atoms with Crippen molar-refractivity contribution in [1.29, 1.82) is 5.26 Å². The summed E-state index contributed by atoms with van der Waals surface area (Å²) < 4.78 is 57.1. The van der Waals surface area contributed by atoms with E-state index >= 15 is 0 Å². The maximum Gasteiger partial charge on any atom is 0.245 e. The highest BCUT2D eigenvalue weighted by Crippen LogP contribution is 2.32. The number of ether oxygens (including phenoxy) is 1. The third-order valence-corrected chi connectivity index (χ3v) is 6.79. The van der Waals surface area contributed by atoms with Crippen LogP contribution in [0.1, 0.15) is 20.3 Å². The summed E-state index contributed by atoms with van der Waals surface area (Å²) in [5.74, 6) is -1.02. The first kappa shape index (κ1) is 19.2. The zero-order valence-electron chi connectivity index (χ0n) is 13.8. The summed E-state index contributed by atoms with van der Waals surface area (Å²) >= 11 is 0. The molecule has 1 heterocycles. The summed E-state index contributed by atoms with van der Waals surface area (Å²) in [4.78, 5) is 11.5. The minimum absolute atomic E-state index is 0.0472. The Bertz CT molecular complexity index is 961. The molecule has 1 aliphatic heterocycles. The first-order valence-electron chi connectivity index (χ1n) is 7.13. The van der Waals surface area contributed by atoms with Crippen molar-refractivity contribution in [3.05, 3.63) is 18.2 Å². The van der Waals surface area contributed by atoms with Gasteiger partial charge in [-0.15, -0.1) is 0 Å². The Labute approximate surface area is 146 Å². The number of nitrogens with one attached hydrogen (secondary N) is 1. The van der Waals surface area contributed by atoms with E-state index < -0.39 is 31.5 Å². The number of hydrogen-bond acceptors (Lipinski definition) is 7. The Morgan fingerprint density at radius 2 is 2.00 bits per heavy atom. The number of sulfonamides is 2. The largest absolute Gasteiger partial charge is 0.495 e. The standard InChI is InChI=1S/C14H17N3O6S2/c1-14(2,9-15)16-25(21,22)12-8-10(4-5-11(12)23-3)17-13(18)6-7-24(17,19)20/h4-5,8,16H,6-7H2,1-3H3. The number of nitriles is 1. The second-order valence-electron chi connectivity index (χ2n) is 5.90. The van der Waals surface area contributed by atoms with Gasteiger partial charge in [0.2, 0.25) is 26.0 Å².